The van der Waals surface area contributed by atoms with Crippen LogP contribution in [0.2, 0.25) is 0 Å². The van der Waals surface area contributed by atoms with Gasteiger partial charge in [0.2, 0.25) is 5.91 Å². The lowest BCUT2D eigenvalue weighted by atomic mass is 9.66. The van der Waals surface area contributed by atoms with E-state index in [0.29, 0.717) is 12.3 Å². The summed E-state index contributed by atoms with van der Waals surface area (Å²) in [5.41, 5.74) is 5.12. The number of hydrogen-bond donors (Lipinski definition) is 1. The Morgan fingerprint density at radius 1 is 1.17 bits per heavy atom. The van der Waals surface area contributed by atoms with E-state index in [9.17, 15) is 4.79 Å². The van der Waals surface area contributed by atoms with E-state index in [0.717, 1.165) is 42.6 Å². The first-order valence-electron chi connectivity index (χ1n) is 11.0. The van der Waals surface area contributed by atoms with Crippen molar-refractivity contribution in [2.75, 3.05) is 5.32 Å². The topological polar surface area (TPSA) is 46.9 Å². The predicted octanol–water partition coefficient (Wildman–Crippen LogP) is 5.48. The van der Waals surface area contributed by atoms with E-state index < -0.39 is 5.41 Å². The number of amides is 1. The molecule has 0 radical (unpaired) electrons. The molecule has 1 heterocycles. The average molecular weight is 402 g/mol. The molecule has 1 unspecified atom stereocenters. The van der Waals surface area contributed by atoms with Gasteiger partial charge in [0, 0.05) is 18.4 Å². The number of carbonyl (C=O) groups excluding carboxylic acids is 1. The minimum atomic E-state index is -0.576. The normalized spacial score (nSPS) is 18.3. The van der Waals surface area contributed by atoms with Gasteiger partial charge in [-0.2, -0.15) is 5.10 Å². The molecule has 156 valence electrons. The van der Waals surface area contributed by atoms with Crippen LogP contribution in [-0.4, -0.2) is 15.7 Å². The molecule has 0 bridgehead atoms. The highest BCUT2D eigenvalue weighted by molar-refractivity contribution is 6.00. The van der Waals surface area contributed by atoms with Crippen LogP contribution in [0, 0.1) is 0 Å². The lowest BCUT2D eigenvalue weighted by Gasteiger charge is -2.38. The van der Waals surface area contributed by atoms with Crippen LogP contribution in [0.1, 0.15) is 61.8 Å². The summed E-state index contributed by atoms with van der Waals surface area (Å²) in [6.45, 7) is 7.27. The van der Waals surface area contributed by atoms with E-state index in [2.05, 4.69) is 73.8 Å². The number of nitrogens with one attached hydrogen (secondary N) is 1. The fraction of sp³-hybridized carbons (Fsp3) is 0.385. The van der Waals surface area contributed by atoms with Gasteiger partial charge in [-0.1, -0.05) is 50.2 Å². The third-order valence-corrected chi connectivity index (χ3v) is 6.37. The third kappa shape index (κ3) is 3.91. The minimum absolute atomic E-state index is 0.0798. The summed E-state index contributed by atoms with van der Waals surface area (Å²) in [5.74, 6) is 0.553. The van der Waals surface area contributed by atoms with Crippen LogP contribution in [0.3, 0.4) is 0 Å². The number of aromatic nitrogens is 2. The lowest BCUT2D eigenvalue weighted by Crippen LogP contribution is -2.44. The summed E-state index contributed by atoms with van der Waals surface area (Å²) >= 11 is 0. The molecule has 1 N–H and O–H groups in total. The van der Waals surface area contributed by atoms with E-state index in [1.165, 1.54) is 11.1 Å². The van der Waals surface area contributed by atoms with Crippen molar-refractivity contribution in [2.45, 2.75) is 64.3 Å². The molecule has 1 amide bonds. The summed E-state index contributed by atoms with van der Waals surface area (Å²) in [6, 6.07) is 16.7. The molecule has 1 aliphatic carbocycles. The van der Waals surface area contributed by atoms with Crippen molar-refractivity contribution in [1.82, 2.24) is 9.78 Å². The summed E-state index contributed by atoms with van der Waals surface area (Å²) in [7, 11) is 0. The molecular weight excluding hydrogens is 370 g/mol. The number of hydrogen-bond acceptors (Lipinski definition) is 2. The van der Waals surface area contributed by atoms with Gasteiger partial charge in [-0.3, -0.25) is 9.48 Å². The van der Waals surface area contributed by atoms with Gasteiger partial charge in [0.15, 0.2) is 0 Å². The van der Waals surface area contributed by atoms with Crippen LogP contribution >= 0.6 is 0 Å². The number of benzene rings is 2. The zero-order valence-corrected chi connectivity index (χ0v) is 18.2. The standard InChI is InChI=1S/C26H31N3O/c1-4-29-18-20(17-27-29)16-26(15-7-9-22-8-5-6-10-24(22)26)25(30)28-23-13-11-21(12-14-23)19(2)3/h5-6,8,10-14,17-19H,4,7,9,15-16H2,1-3H3,(H,28,30). The van der Waals surface area contributed by atoms with Gasteiger partial charge in [0.05, 0.1) is 11.6 Å². The highest BCUT2D eigenvalue weighted by Gasteiger charge is 2.43. The Morgan fingerprint density at radius 3 is 2.63 bits per heavy atom. The Kier molecular flexibility index (Phi) is 5.76. The summed E-state index contributed by atoms with van der Waals surface area (Å²) < 4.78 is 1.93. The summed E-state index contributed by atoms with van der Waals surface area (Å²) in [5, 5.41) is 7.68. The number of carbonyl (C=O) groups is 1. The Bertz CT molecular complexity index is 1020. The molecule has 0 aliphatic heterocycles. The van der Waals surface area contributed by atoms with Crippen molar-refractivity contribution in [2.24, 2.45) is 0 Å². The van der Waals surface area contributed by atoms with Crippen molar-refractivity contribution >= 4 is 11.6 Å². The van der Waals surface area contributed by atoms with Crippen molar-refractivity contribution in [3.8, 4) is 0 Å². The Labute approximate surface area is 179 Å². The van der Waals surface area contributed by atoms with E-state index in [-0.39, 0.29) is 5.91 Å². The van der Waals surface area contributed by atoms with E-state index in [1.54, 1.807) is 0 Å². The molecule has 0 saturated carbocycles. The Morgan fingerprint density at radius 2 is 1.93 bits per heavy atom. The number of nitrogens with zero attached hydrogens (tertiary/aromatic N) is 2. The van der Waals surface area contributed by atoms with Crippen LogP contribution in [0.15, 0.2) is 60.9 Å². The Hall–Kier alpha value is -2.88. The van der Waals surface area contributed by atoms with Gasteiger partial charge in [-0.25, -0.2) is 0 Å². The molecule has 4 nitrogen and oxygen atoms in total. The van der Waals surface area contributed by atoms with Crippen LogP contribution in [0.5, 0.6) is 0 Å². The number of anilines is 1. The second-order valence-corrected chi connectivity index (χ2v) is 8.70. The minimum Gasteiger partial charge on any atom is -0.325 e. The Balaban J connectivity index is 1.69. The summed E-state index contributed by atoms with van der Waals surface area (Å²) in [6.07, 6.45) is 7.54. The molecule has 30 heavy (non-hydrogen) atoms. The maximum Gasteiger partial charge on any atom is 0.235 e. The maximum absolute atomic E-state index is 13.8. The van der Waals surface area contributed by atoms with Gasteiger partial charge < -0.3 is 5.32 Å². The molecule has 3 aromatic rings. The first-order chi connectivity index (χ1) is 14.5. The molecule has 1 aliphatic rings. The molecule has 0 saturated heterocycles. The third-order valence-electron chi connectivity index (χ3n) is 6.37. The molecule has 0 spiro atoms. The first-order valence-corrected chi connectivity index (χ1v) is 11.0. The second-order valence-electron chi connectivity index (χ2n) is 8.70. The predicted molar refractivity (Wildman–Crippen MR) is 122 cm³/mol. The smallest absolute Gasteiger partial charge is 0.235 e. The molecular formula is C26H31N3O. The monoisotopic (exact) mass is 401 g/mol. The largest absolute Gasteiger partial charge is 0.325 e. The second kappa shape index (κ2) is 8.47. The van der Waals surface area contributed by atoms with Crippen molar-refractivity contribution in [1.29, 1.82) is 0 Å². The van der Waals surface area contributed by atoms with Gasteiger partial charge in [-0.15, -0.1) is 0 Å². The molecule has 2 aromatic carbocycles. The lowest BCUT2D eigenvalue weighted by molar-refractivity contribution is -0.122. The maximum atomic E-state index is 13.8. The number of fused-ring (bicyclic) bond motifs is 1. The zero-order chi connectivity index (χ0) is 21.1. The van der Waals surface area contributed by atoms with Gasteiger partial charge >= 0.3 is 0 Å². The van der Waals surface area contributed by atoms with Gasteiger partial charge in [0.25, 0.3) is 0 Å². The van der Waals surface area contributed by atoms with Gasteiger partial charge in [0.1, 0.15) is 0 Å². The molecule has 1 aromatic heterocycles. The van der Waals surface area contributed by atoms with Crippen LogP contribution < -0.4 is 5.32 Å². The highest BCUT2D eigenvalue weighted by atomic mass is 16.2. The van der Waals surface area contributed by atoms with Crippen molar-refractivity contribution < 1.29 is 4.79 Å². The number of rotatable bonds is 6. The molecule has 1 atom stereocenters. The first kappa shape index (κ1) is 20.4. The van der Waals surface area contributed by atoms with E-state index >= 15 is 0 Å². The SMILES string of the molecule is CCn1cc(CC2(C(=O)Nc3ccc(C(C)C)cc3)CCCc3ccccc32)cn1. The molecule has 4 heteroatoms. The number of aryl methyl sites for hydroxylation is 2. The summed E-state index contributed by atoms with van der Waals surface area (Å²) in [4.78, 5) is 13.8. The van der Waals surface area contributed by atoms with Crippen LogP contribution in [-0.2, 0) is 29.6 Å². The average Bonchev–Trinajstić information content (AvgIpc) is 3.21. The fourth-order valence-corrected chi connectivity index (χ4v) is 4.64. The van der Waals surface area contributed by atoms with E-state index in [4.69, 9.17) is 0 Å². The quantitative estimate of drug-likeness (QED) is 0.594. The fourth-order valence-electron chi connectivity index (χ4n) is 4.64. The highest BCUT2D eigenvalue weighted by Crippen LogP contribution is 2.41. The molecule has 4 rings (SSSR count). The van der Waals surface area contributed by atoms with Gasteiger partial charge in [-0.05, 0) is 72.9 Å². The van der Waals surface area contributed by atoms with Crippen molar-refractivity contribution in [3.05, 3.63) is 83.2 Å². The van der Waals surface area contributed by atoms with Crippen LogP contribution in [0.25, 0.3) is 0 Å². The van der Waals surface area contributed by atoms with E-state index in [1.807, 2.05) is 23.0 Å². The zero-order valence-electron chi connectivity index (χ0n) is 18.2. The van der Waals surface area contributed by atoms with Crippen molar-refractivity contribution in [3.63, 3.8) is 0 Å². The molecule has 0 fully saturated rings. The van der Waals surface area contributed by atoms with Crippen LogP contribution in [0.4, 0.5) is 5.69 Å².